The highest BCUT2D eigenvalue weighted by Gasteiger charge is 2.40. The summed E-state index contributed by atoms with van der Waals surface area (Å²) >= 11 is 0. The van der Waals surface area contributed by atoms with Gasteiger partial charge >= 0.3 is 0 Å². The highest BCUT2D eigenvalue weighted by Crippen LogP contribution is 2.32. The summed E-state index contributed by atoms with van der Waals surface area (Å²) in [5.74, 6) is -0.648. The van der Waals surface area contributed by atoms with Crippen molar-refractivity contribution in [2.24, 2.45) is 5.92 Å². The summed E-state index contributed by atoms with van der Waals surface area (Å²) in [6.07, 6.45) is 5.71. The Morgan fingerprint density at radius 1 is 1.25 bits per heavy atom. The number of nitrogens with zero attached hydrogens (tertiary/aromatic N) is 4. The van der Waals surface area contributed by atoms with Crippen LogP contribution in [0.25, 0.3) is 0 Å². The fourth-order valence-electron chi connectivity index (χ4n) is 4.16. The van der Waals surface area contributed by atoms with Crippen LogP contribution in [-0.4, -0.2) is 77.7 Å². The molecule has 1 saturated carbocycles. The molecule has 1 aromatic heterocycles. The summed E-state index contributed by atoms with van der Waals surface area (Å²) < 4.78 is 27.9. The van der Waals surface area contributed by atoms with Crippen LogP contribution in [0, 0.1) is 5.92 Å². The van der Waals surface area contributed by atoms with Gasteiger partial charge in [0.15, 0.2) is 0 Å². The van der Waals surface area contributed by atoms with Crippen molar-refractivity contribution in [2.75, 3.05) is 32.4 Å². The number of nitrogens with one attached hydrogen (secondary N) is 1. The number of aryl methyl sites for hydroxylation is 1. The van der Waals surface area contributed by atoms with Crippen LogP contribution in [0.4, 0.5) is 0 Å². The molecule has 0 spiro atoms. The van der Waals surface area contributed by atoms with Gasteiger partial charge in [0.25, 0.3) is 5.91 Å². The molecule has 1 aliphatic heterocycles. The molecule has 1 aliphatic carbocycles. The third kappa shape index (κ3) is 4.54. The Morgan fingerprint density at radius 3 is 2.71 bits per heavy atom. The van der Waals surface area contributed by atoms with Gasteiger partial charge in [-0.05, 0) is 32.3 Å². The first-order chi connectivity index (χ1) is 13.3. The molecule has 1 N–H and O–H groups in total. The van der Waals surface area contributed by atoms with Crippen LogP contribution in [-0.2, 0) is 21.4 Å². The zero-order chi connectivity index (χ0) is 20.3. The molecule has 2 heterocycles. The monoisotopic (exact) mass is 411 g/mol. The molecule has 2 aliphatic rings. The lowest BCUT2D eigenvalue weighted by atomic mass is 10.0. The Balaban J connectivity index is 1.78. The Labute approximate surface area is 166 Å². The number of aromatic nitrogens is 2. The summed E-state index contributed by atoms with van der Waals surface area (Å²) in [5, 5.41) is 7.16. The molecular formula is C18H29N5O4S. The van der Waals surface area contributed by atoms with E-state index in [9.17, 15) is 18.0 Å². The lowest BCUT2D eigenvalue weighted by Gasteiger charge is -2.30. The predicted octanol–water partition coefficient (Wildman–Crippen LogP) is 0.295. The molecule has 1 saturated heterocycles. The Bertz CT molecular complexity index is 822. The lowest BCUT2D eigenvalue weighted by Crippen LogP contribution is -2.47. The third-order valence-corrected chi connectivity index (χ3v) is 6.88. The first kappa shape index (κ1) is 20.8. The van der Waals surface area contributed by atoms with Crippen LogP contribution in [0.2, 0.25) is 0 Å². The van der Waals surface area contributed by atoms with Crippen molar-refractivity contribution in [3.05, 3.63) is 18.0 Å². The molecule has 10 heteroatoms. The van der Waals surface area contributed by atoms with E-state index < -0.39 is 10.0 Å². The fourth-order valence-corrected chi connectivity index (χ4v) is 5.36. The third-order valence-electron chi connectivity index (χ3n) is 5.57. The number of carbonyl (C=O) groups is 2. The summed E-state index contributed by atoms with van der Waals surface area (Å²) in [4.78, 5) is 27.1. The van der Waals surface area contributed by atoms with Gasteiger partial charge in [0.05, 0.1) is 12.2 Å². The van der Waals surface area contributed by atoms with Gasteiger partial charge in [0.1, 0.15) is 5.69 Å². The van der Waals surface area contributed by atoms with E-state index in [-0.39, 0.29) is 23.8 Å². The quantitative estimate of drug-likeness (QED) is 0.770. The van der Waals surface area contributed by atoms with Crippen LogP contribution in [0.1, 0.15) is 43.1 Å². The average molecular weight is 412 g/mol. The van der Waals surface area contributed by atoms with Gasteiger partial charge in [-0.15, -0.1) is 0 Å². The Kier molecular flexibility index (Phi) is 6.39. The van der Waals surface area contributed by atoms with Crippen molar-refractivity contribution in [1.82, 2.24) is 24.3 Å². The van der Waals surface area contributed by atoms with Crippen molar-refractivity contribution < 1.29 is 18.0 Å². The van der Waals surface area contributed by atoms with E-state index in [1.165, 1.54) is 10.6 Å². The second kappa shape index (κ2) is 8.60. The second-order valence-electron chi connectivity index (χ2n) is 7.47. The number of carbonyl (C=O) groups excluding carboxylic acids is 2. The van der Waals surface area contributed by atoms with Crippen molar-refractivity contribution >= 4 is 21.8 Å². The number of hydrogen-bond donors (Lipinski definition) is 1. The summed E-state index contributed by atoms with van der Waals surface area (Å²) in [7, 11) is -3.44. The van der Waals surface area contributed by atoms with Crippen LogP contribution < -0.4 is 5.32 Å². The van der Waals surface area contributed by atoms with Crippen LogP contribution >= 0.6 is 0 Å². The van der Waals surface area contributed by atoms with Crippen LogP contribution in [0.3, 0.4) is 0 Å². The SMILES string of the molecule is CCn1ccc(C(=O)N2CCCN(S(C)(=O)=O)C3CCCC3C(=O)NCC2)n1. The molecule has 0 bridgehead atoms. The molecule has 156 valence electrons. The number of sulfonamides is 1. The largest absolute Gasteiger partial charge is 0.354 e. The van der Waals surface area contributed by atoms with Crippen molar-refractivity contribution in [1.29, 1.82) is 0 Å². The molecule has 2 atom stereocenters. The van der Waals surface area contributed by atoms with Gasteiger partial charge in [0.2, 0.25) is 15.9 Å². The average Bonchev–Trinajstić information content (AvgIpc) is 3.30. The topological polar surface area (TPSA) is 105 Å². The molecule has 28 heavy (non-hydrogen) atoms. The molecule has 2 unspecified atom stereocenters. The smallest absolute Gasteiger partial charge is 0.274 e. The van der Waals surface area contributed by atoms with Gasteiger partial charge in [0, 0.05) is 45.0 Å². The van der Waals surface area contributed by atoms with E-state index in [0.717, 1.165) is 6.42 Å². The van der Waals surface area contributed by atoms with Gasteiger partial charge in [-0.1, -0.05) is 6.42 Å². The molecule has 1 aromatic rings. The standard InChI is InChI=1S/C18H29N5O4S/c1-3-22-12-8-15(20-22)18(25)21-10-5-11-23(28(2,26)27)16-7-4-6-14(16)17(24)19-9-13-21/h8,12,14,16H,3-7,9-11,13H2,1-2H3,(H,19,24). The minimum atomic E-state index is -3.44. The van der Waals surface area contributed by atoms with Gasteiger partial charge < -0.3 is 10.2 Å². The summed E-state index contributed by atoms with van der Waals surface area (Å²) in [6.45, 7) is 4.06. The lowest BCUT2D eigenvalue weighted by molar-refractivity contribution is -0.125. The minimum Gasteiger partial charge on any atom is -0.354 e. The van der Waals surface area contributed by atoms with E-state index >= 15 is 0 Å². The second-order valence-corrected chi connectivity index (χ2v) is 9.41. The highest BCUT2D eigenvalue weighted by molar-refractivity contribution is 7.88. The molecule has 9 nitrogen and oxygen atoms in total. The van der Waals surface area contributed by atoms with E-state index in [0.29, 0.717) is 57.7 Å². The molecule has 3 rings (SSSR count). The predicted molar refractivity (Wildman–Crippen MR) is 104 cm³/mol. The number of fused-ring (bicyclic) bond motifs is 1. The number of hydrogen-bond acceptors (Lipinski definition) is 5. The van der Waals surface area contributed by atoms with E-state index in [1.807, 2.05) is 6.92 Å². The van der Waals surface area contributed by atoms with Crippen molar-refractivity contribution in [3.63, 3.8) is 0 Å². The van der Waals surface area contributed by atoms with E-state index in [4.69, 9.17) is 0 Å². The van der Waals surface area contributed by atoms with Gasteiger partial charge in [-0.25, -0.2) is 8.42 Å². The zero-order valence-corrected chi connectivity index (χ0v) is 17.3. The molecule has 2 amide bonds. The maximum atomic E-state index is 12.8. The van der Waals surface area contributed by atoms with Gasteiger partial charge in [-0.3, -0.25) is 14.3 Å². The van der Waals surface area contributed by atoms with E-state index in [1.54, 1.807) is 21.8 Å². The maximum Gasteiger partial charge on any atom is 0.274 e. The summed E-state index contributed by atoms with van der Waals surface area (Å²) in [6, 6.07) is 1.39. The molecule has 2 fully saturated rings. The van der Waals surface area contributed by atoms with Crippen LogP contribution in [0.15, 0.2) is 12.3 Å². The number of rotatable bonds is 3. The zero-order valence-electron chi connectivity index (χ0n) is 16.5. The number of amides is 2. The minimum absolute atomic E-state index is 0.124. The fraction of sp³-hybridized carbons (Fsp3) is 0.722. The molecule has 0 radical (unpaired) electrons. The highest BCUT2D eigenvalue weighted by atomic mass is 32.2. The van der Waals surface area contributed by atoms with Crippen molar-refractivity contribution in [3.8, 4) is 0 Å². The molecule has 0 aromatic carbocycles. The molecular weight excluding hydrogens is 382 g/mol. The van der Waals surface area contributed by atoms with Gasteiger partial charge in [-0.2, -0.15) is 9.40 Å². The first-order valence-corrected chi connectivity index (χ1v) is 11.7. The van der Waals surface area contributed by atoms with Crippen LogP contribution in [0.5, 0.6) is 0 Å². The first-order valence-electron chi connectivity index (χ1n) is 9.88. The maximum absolute atomic E-state index is 12.8. The Hall–Kier alpha value is -1.94. The van der Waals surface area contributed by atoms with E-state index in [2.05, 4.69) is 10.4 Å². The normalized spacial score (nSPS) is 25.1. The van der Waals surface area contributed by atoms with Crippen molar-refractivity contribution in [2.45, 2.75) is 45.2 Å². The summed E-state index contributed by atoms with van der Waals surface area (Å²) in [5.41, 5.74) is 0.361. The Morgan fingerprint density at radius 2 is 2.04 bits per heavy atom.